The minimum atomic E-state index is -0.436. The summed E-state index contributed by atoms with van der Waals surface area (Å²) in [5.41, 5.74) is 4.10. The van der Waals surface area contributed by atoms with Gasteiger partial charge in [0.2, 0.25) is 0 Å². The number of carbonyl (C=O) groups is 1. The average molecular weight is 439 g/mol. The molecule has 3 aliphatic heterocycles. The number of hydrogen-bond acceptors (Lipinski definition) is 6. The molecule has 0 bridgehead atoms. The lowest BCUT2D eigenvalue weighted by Gasteiger charge is -2.17. The van der Waals surface area contributed by atoms with Crippen molar-refractivity contribution in [3.05, 3.63) is 70.8 Å². The van der Waals surface area contributed by atoms with Gasteiger partial charge in [0.05, 0.1) is 18.8 Å². The zero-order valence-electron chi connectivity index (χ0n) is 18.6. The predicted molar refractivity (Wildman–Crippen MR) is 117 cm³/mol. The first-order valence-electron chi connectivity index (χ1n) is 11.5. The quantitative estimate of drug-likeness (QED) is 0.456. The van der Waals surface area contributed by atoms with Crippen LogP contribution in [0.15, 0.2) is 48.5 Å². The second kappa shape index (κ2) is 9.32. The van der Waals surface area contributed by atoms with Crippen LogP contribution in [-0.4, -0.2) is 49.9 Å². The van der Waals surface area contributed by atoms with E-state index in [2.05, 4.69) is 38.1 Å². The van der Waals surface area contributed by atoms with Gasteiger partial charge in [0.1, 0.15) is 24.4 Å². The van der Waals surface area contributed by atoms with Crippen LogP contribution in [0.25, 0.3) is 0 Å². The van der Waals surface area contributed by atoms with E-state index in [0.29, 0.717) is 18.8 Å². The number of epoxide rings is 1. The molecule has 6 atom stereocenters. The summed E-state index contributed by atoms with van der Waals surface area (Å²) in [5.74, 6) is -0.348. The molecule has 0 amide bonds. The number of aryl methyl sites for hydroxylation is 2. The molecule has 3 saturated heterocycles. The highest BCUT2D eigenvalue weighted by atomic mass is 16.8. The highest BCUT2D eigenvalue weighted by Gasteiger charge is 2.53. The van der Waals surface area contributed by atoms with Crippen LogP contribution in [0.4, 0.5) is 0 Å². The summed E-state index contributed by atoms with van der Waals surface area (Å²) in [4.78, 5) is 12.6. The van der Waals surface area contributed by atoms with Gasteiger partial charge in [0, 0.05) is 0 Å². The highest BCUT2D eigenvalue weighted by Crippen LogP contribution is 2.42. The smallest absolute Gasteiger partial charge is 0.338 e. The number of ether oxygens (including phenoxy) is 5. The first kappa shape index (κ1) is 21.6. The van der Waals surface area contributed by atoms with E-state index in [1.807, 2.05) is 24.3 Å². The van der Waals surface area contributed by atoms with Gasteiger partial charge in [0.25, 0.3) is 0 Å². The van der Waals surface area contributed by atoms with Crippen molar-refractivity contribution in [2.45, 2.75) is 69.9 Å². The van der Waals surface area contributed by atoms with Crippen molar-refractivity contribution in [3.63, 3.8) is 0 Å². The SMILES string of the molecule is CCCCc1ccc(C(=O)OC2CO[C@@H]3[C@@H](OC4OC4c4ccc(C)cc4)CO[C@H]23)cc1. The number of benzene rings is 2. The maximum Gasteiger partial charge on any atom is 0.338 e. The van der Waals surface area contributed by atoms with Crippen LogP contribution in [0.5, 0.6) is 0 Å². The Morgan fingerprint density at radius 1 is 0.969 bits per heavy atom. The lowest BCUT2D eigenvalue weighted by atomic mass is 10.1. The summed E-state index contributed by atoms with van der Waals surface area (Å²) in [5, 5.41) is 0. The molecule has 0 aromatic heterocycles. The van der Waals surface area contributed by atoms with Gasteiger partial charge in [-0.15, -0.1) is 0 Å². The molecular formula is C26H30O6. The molecule has 5 rings (SSSR count). The third-order valence-corrected chi connectivity index (χ3v) is 6.40. The summed E-state index contributed by atoms with van der Waals surface area (Å²) in [6, 6.07) is 15.9. The van der Waals surface area contributed by atoms with Crippen molar-refractivity contribution >= 4 is 5.97 Å². The Bertz CT molecular complexity index is 924. The zero-order chi connectivity index (χ0) is 22.1. The maximum atomic E-state index is 12.6. The van der Waals surface area contributed by atoms with Gasteiger partial charge in [-0.25, -0.2) is 4.79 Å². The number of unbranched alkanes of at least 4 members (excludes halogenated alkanes) is 1. The summed E-state index contributed by atoms with van der Waals surface area (Å²) >= 11 is 0. The van der Waals surface area contributed by atoms with Gasteiger partial charge in [-0.05, 0) is 43.0 Å². The monoisotopic (exact) mass is 438 g/mol. The third-order valence-electron chi connectivity index (χ3n) is 6.40. The van der Waals surface area contributed by atoms with Crippen LogP contribution in [0.2, 0.25) is 0 Å². The molecular weight excluding hydrogens is 408 g/mol. The Kier molecular flexibility index (Phi) is 6.28. The van der Waals surface area contributed by atoms with Gasteiger partial charge in [-0.2, -0.15) is 0 Å². The number of carbonyl (C=O) groups excluding carboxylic acids is 1. The van der Waals surface area contributed by atoms with Crippen molar-refractivity contribution < 1.29 is 28.5 Å². The second-order valence-corrected chi connectivity index (χ2v) is 8.85. The standard InChI is InChI=1S/C26H30O6/c1-3-4-5-17-8-12-19(13-9-17)25(27)30-20-14-28-24-21(15-29-23(20)24)31-26-22(32-26)18-10-6-16(2)7-11-18/h6-13,20-24,26H,3-5,14-15H2,1-2H3/t20?,21-,22?,23+,24+,26?/m0/s1. The summed E-state index contributed by atoms with van der Waals surface area (Å²) < 4.78 is 29.4. The third kappa shape index (κ3) is 4.59. The van der Waals surface area contributed by atoms with Gasteiger partial charge in [-0.3, -0.25) is 0 Å². The first-order valence-corrected chi connectivity index (χ1v) is 11.5. The molecule has 0 spiro atoms. The molecule has 3 fully saturated rings. The van der Waals surface area contributed by atoms with Crippen molar-refractivity contribution in [1.29, 1.82) is 0 Å². The van der Waals surface area contributed by atoms with Gasteiger partial charge >= 0.3 is 5.97 Å². The summed E-state index contributed by atoms with van der Waals surface area (Å²) in [7, 11) is 0. The number of hydrogen-bond donors (Lipinski definition) is 0. The molecule has 2 aromatic rings. The van der Waals surface area contributed by atoms with Crippen LogP contribution in [-0.2, 0) is 30.1 Å². The predicted octanol–water partition coefficient (Wildman–Crippen LogP) is 4.14. The van der Waals surface area contributed by atoms with Crippen LogP contribution in [0, 0.1) is 6.92 Å². The second-order valence-electron chi connectivity index (χ2n) is 8.85. The molecule has 0 aliphatic carbocycles. The lowest BCUT2D eigenvalue weighted by Crippen LogP contribution is -2.35. The van der Waals surface area contributed by atoms with E-state index in [1.54, 1.807) is 0 Å². The van der Waals surface area contributed by atoms with Gasteiger partial charge in [0.15, 0.2) is 12.4 Å². The van der Waals surface area contributed by atoms with Crippen molar-refractivity contribution in [1.82, 2.24) is 0 Å². The maximum absolute atomic E-state index is 12.6. The molecule has 3 heterocycles. The van der Waals surface area contributed by atoms with E-state index >= 15 is 0 Å². The van der Waals surface area contributed by atoms with E-state index in [9.17, 15) is 4.79 Å². The van der Waals surface area contributed by atoms with Crippen molar-refractivity contribution in [2.75, 3.05) is 13.2 Å². The van der Waals surface area contributed by atoms with E-state index in [4.69, 9.17) is 23.7 Å². The molecule has 0 saturated carbocycles. The van der Waals surface area contributed by atoms with Crippen molar-refractivity contribution in [2.24, 2.45) is 0 Å². The number of rotatable bonds is 8. The molecule has 3 aliphatic rings. The first-order chi connectivity index (χ1) is 15.6. The summed E-state index contributed by atoms with van der Waals surface area (Å²) in [6.07, 6.45) is 1.73. The Morgan fingerprint density at radius 2 is 1.66 bits per heavy atom. The van der Waals surface area contributed by atoms with Crippen LogP contribution < -0.4 is 0 Å². The summed E-state index contributed by atoms with van der Waals surface area (Å²) in [6.45, 7) is 4.94. The lowest BCUT2D eigenvalue weighted by molar-refractivity contribution is -0.0711. The van der Waals surface area contributed by atoms with E-state index in [1.165, 1.54) is 11.1 Å². The highest BCUT2D eigenvalue weighted by molar-refractivity contribution is 5.89. The Hall–Kier alpha value is -2.25. The zero-order valence-corrected chi connectivity index (χ0v) is 18.6. The van der Waals surface area contributed by atoms with Gasteiger partial charge in [-0.1, -0.05) is 55.3 Å². The Balaban J connectivity index is 1.13. The van der Waals surface area contributed by atoms with Crippen LogP contribution >= 0.6 is 0 Å². The fraction of sp³-hybridized carbons (Fsp3) is 0.500. The average Bonchev–Trinajstić information content (AvgIpc) is 3.28. The molecule has 6 heteroatoms. The Labute approximate surface area is 188 Å². The molecule has 32 heavy (non-hydrogen) atoms. The molecule has 6 nitrogen and oxygen atoms in total. The van der Waals surface area contributed by atoms with Gasteiger partial charge < -0.3 is 23.7 Å². The minimum absolute atomic E-state index is 0.0509. The van der Waals surface area contributed by atoms with Crippen LogP contribution in [0.1, 0.15) is 52.9 Å². The van der Waals surface area contributed by atoms with E-state index in [-0.39, 0.29) is 36.7 Å². The number of esters is 1. The molecule has 0 N–H and O–H groups in total. The normalized spacial score (nSPS) is 30.8. The largest absolute Gasteiger partial charge is 0.453 e. The molecule has 2 aromatic carbocycles. The topological polar surface area (TPSA) is 66.5 Å². The van der Waals surface area contributed by atoms with Crippen molar-refractivity contribution in [3.8, 4) is 0 Å². The minimum Gasteiger partial charge on any atom is -0.453 e. The molecule has 3 unspecified atom stereocenters. The van der Waals surface area contributed by atoms with Crippen LogP contribution in [0.3, 0.4) is 0 Å². The van der Waals surface area contributed by atoms with E-state index < -0.39 is 6.10 Å². The van der Waals surface area contributed by atoms with E-state index in [0.717, 1.165) is 24.8 Å². The Morgan fingerprint density at radius 3 is 2.38 bits per heavy atom. The fourth-order valence-corrected chi connectivity index (χ4v) is 4.41. The molecule has 0 radical (unpaired) electrons. The number of fused-ring (bicyclic) bond motifs is 1. The fourth-order valence-electron chi connectivity index (χ4n) is 4.41. The molecule has 170 valence electrons.